The molecule has 158 valence electrons. The second-order valence-corrected chi connectivity index (χ2v) is 8.57. The molecule has 0 fully saturated rings. The van der Waals surface area contributed by atoms with Crippen LogP contribution in [0.25, 0.3) is 5.76 Å². The third-order valence-electron chi connectivity index (χ3n) is 5.69. The van der Waals surface area contributed by atoms with Crippen LogP contribution in [0.1, 0.15) is 27.5 Å². The van der Waals surface area contributed by atoms with Gasteiger partial charge in [-0.1, -0.05) is 60.7 Å². The van der Waals surface area contributed by atoms with Crippen LogP contribution in [-0.4, -0.2) is 13.3 Å². The summed E-state index contributed by atoms with van der Waals surface area (Å²) in [5.74, 6) is 2.49. The number of hydrogen-bond donors (Lipinski definition) is 0. The molecule has 4 heteroatoms. The van der Waals surface area contributed by atoms with Crippen LogP contribution in [0.5, 0.6) is 11.5 Å². The fraction of sp³-hybridized carbons (Fsp3) is 0.107. The molecule has 0 spiro atoms. The van der Waals surface area contributed by atoms with E-state index < -0.39 is 0 Å². The molecule has 0 aliphatic carbocycles. The van der Waals surface area contributed by atoms with Crippen LogP contribution in [0, 0.1) is 6.92 Å². The molecular formula is C28H23NO2S. The lowest BCUT2D eigenvalue weighted by Gasteiger charge is -2.30. The average molecular weight is 438 g/mol. The van der Waals surface area contributed by atoms with Gasteiger partial charge in [-0.2, -0.15) is 0 Å². The van der Waals surface area contributed by atoms with E-state index in [0.717, 1.165) is 39.0 Å². The second-order valence-electron chi connectivity index (χ2n) is 7.62. The highest BCUT2D eigenvalue weighted by Gasteiger charge is 2.32. The average Bonchev–Trinajstić information content (AvgIpc) is 3.37. The Bertz CT molecular complexity index is 1300. The first kappa shape index (κ1) is 20.3. The topological polar surface area (TPSA) is 30.8 Å². The Balaban J connectivity index is 1.74. The zero-order chi connectivity index (χ0) is 21.9. The second kappa shape index (κ2) is 8.85. The number of thiophene rings is 1. The Kier molecular flexibility index (Phi) is 5.61. The van der Waals surface area contributed by atoms with Crippen LogP contribution >= 0.6 is 11.3 Å². The molecule has 5 rings (SSSR count). The quantitative estimate of drug-likeness (QED) is 0.305. The van der Waals surface area contributed by atoms with Crippen LogP contribution < -0.4 is 9.47 Å². The molecule has 3 nitrogen and oxygen atoms in total. The lowest BCUT2D eigenvalue weighted by atomic mass is 9.80. The number of methoxy groups -OCH3 is 1. The minimum absolute atomic E-state index is 0.0108. The first-order valence-corrected chi connectivity index (χ1v) is 11.4. The van der Waals surface area contributed by atoms with Gasteiger partial charge in [0.15, 0.2) is 0 Å². The molecule has 4 aromatic rings. The summed E-state index contributed by atoms with van der Waals surface area (Å²) in [4.78, 5) is 5.94. The van der Waals surface area contributed by atoms with Crippen molar-refractivity contribution in [2.24, 2.45) is 4.99 Å². The number of hydrogen-bond acceptors (Lipinski definition) is 4. The summed E-state index contributed by atoms with van der Waals surface area (Å²) >= 11 is 1.67. The Morgan fingerprint density at radius 1 is 0.875 bits per heavy atom. The molecule has 3 aromatic carbocycles. The smallest absolute Gasteiger partial charge is 0.150 e. The van der Waals surface area contributed by atoms with Crippen LogP contribution in [0.15, 0.2) is 101 Å². The molecule has 0 saturated carbocycles. The molecule has 32 heavy (non-hydrogen) atoms. The van der Waals surface area contributed by atoms with Crippen molar-refractivity contribution >= 4 is 29.0 Å². The van der Waals surface area contributed by atoms with Gasteiger partial charge in [-0.15, -0.1) is 11.3 Å². The van der Waals surface area contributed by atoms with Crippen molar-refractivity contribution in [1.29, 1.82) is 0 Å². The number of aryl methyl sites for hydroxylation is 1. The summed E-state index contributed by atoms with van der Waals surface area (Å²) in [5.41, 5.74) is 5.45. The molecule has 2 heterocycles. The fourth-order valence-electron chi connectivity index (χ4n) is 4.13. The van der Waals surface area contributed by atoms with Crippen LogP contribution in [0.2, 0.25) is 0 Å². The largest absolute Gasteiger partial charge is 0.494 e. The Labute approximate surface area is 192 Å². The monoisotopic (exact) mass is 437 g/mol. The van der Waals surface area contributed by atoms with Gasteiger partial charge in [0.1, 0.15) is 22.9 Å². The zero-order valence-electron chi connectivity index (χ0n) is 18.0. The number of para-hydroxylation sites is 3. The normalized spacial score (nSPS) is 15.5. The molecule has 0 radical (unpaired) electrons. The Hall–Kier alpha value is -3.63. The third-order valence-corrected chi connectivity index (χ3v) is 6.56. The summed E-state index contributed by atoms with van der Waals surface area (Å²) < 4.78 is 12.0. The Morgan fingerprint density at radius 3 is 2.41 bits per heavy atom. The van der Waals surface area contributed by atoms with Crippen LogP contribution in [0.3, 0.4) is 0 Å². The highest BCUT2D eigenvalue weighted by Crippen LogP contribution is 2.46. The lowest BCUT2D eigenvalue weighted by Crippen LogP contribution is -2.17. The van der Waals surface area contributed by atoms with Crippen molar-refractivity contribution in [2.75, 3.05) is 7.11 Å². The lowest BCUT2D eigenvalue weighted by molar-refractivity contribution is 0.416. The molecule has 0 amide bonds. The van der Waals surface area contributed by atoms with Crippen molar-refractivity contribution < 1.29 is 9.47 Å². The maximum absolute atomic E-state index is 6.49. The molecule has 0 N–H and O–H groups in total. The van der Waals surface area contributed by atoms with Crippen molar-refractivity contribution in [3.63, 3.8) is 0 Å². The molecule has 1 atom stereocenters. The summed E-state index contributed by atoms with van der Waals surface area (Å²) in [6.07, 6.45) is 1.94. The first-order chi connectivity index (χ1) is 15.8. The van der Waals surface area contributed by atoms with Crippen molar-refractivity contribution in [1.82, 2.24) is 0 Å². The standard InChI is InChI=1S/C28H23NO2S/c1-19-10-3-4-11-20(19)27-21-12-5-7-14-24(21)31-28(26-16-9-17-32-26)22(27)18-29-23-13-6-8-15-25(23)30-2/h3-18,27H,1-2H3/t27-/m0/s1. The van der Waals surface area contributed by atoms with Crippen molar-refractivity contribution in [3.05, 3.63) is 117 Å². The van der Waals surface area contributed by atoms with E-state index in [2.05, 4.69) is 60.8 Å². The van der Waals surface area contributed by atoms with E-state index in [4.69, 9.17) is 14.5 Å². The highest BCUT2D eigenvalue weighted by atomic mass is 32.1. The van der Waals surface area contributed by atoms with Gasteiger partial charge in [0, 0.05) is 23.3 Å². The van der Waals surface area contributed by atoms with Crippen LogP contribution in [-0.2, 0) is 0 Å². The SMILES string of the molecule is COc1ccccc1N=CC1=C(c2cccs2)Oc2ccccc2[C@@H]1c1ccccc1C. The predicted molar refractivity (Wildman–Crippen MR) is 132 cm³/mol. The number of nitrogens with zero attached hydrogens (tertiary/aromatic N) is 1. The molecule has 0 unspecified atom stereocenters. The summed E-state index contributed by atoms with van der Waals surface area (Å²) in [7, 11) is 1.67. The molecule has 1 aliphatic rings. The summed E-state index contributed by atoms with van der Waals surface area (Å²) in [6, 6.07) is 28.8. The van der Waals surface area contributed by atoms with Gasteiger partial charge in [-0.05, 0) is 47.7 Å². The molecule has 1 aliphatic heterocycles. The fourth-order valence-corrected chi connectivity index (χ4v) is 4.86. The van der Waals surface area contributed by atoms with Gasteiger partial charge >= 0.3 is 0 Å². The van der Waals surface area contributed by atoms with E-state index in [1.807, 2.05) is 42.6 Å². The van der Waals surface area contributed by atoms with E-state index in [1.165, 1.54) is 11.1 Å². The molecular weight excluding hydrogens is 414 g/mol. The van der Waals surface area contributed by atoms with Crippen LogP contribution in [0.4, 0.5) is 5.69 Å². The van der Waals surface area contributed by atoms with E-state index in [0.29, 0.717) is 0 Å². The molecule has 0 bridgehead atoms. The summed E-state index contributed by atoms with van der Waals surface area (Å²) in [6.45, 7) is 2.16. The number of aliphatic imine (C=N–C) groups is 1. The zero-order valence-corrected chi connectivity index (χ0v) is 18.8. The van der Waals surface area contributed by atoms with Crippen molar-refractivity contribution in [3.8, 4) is 11.5 Å². The van der Waals surface area contributed by atoms with Crippen molar-refractivity contribution in [2.45, 2.75) is 12.8 Å². The first-order valence-electron chi connectivity index (χ1n) is 10.5. The van der Waals surface area contributed by atoms with E-state index >= 15 is 0 Å². The third kappa shape index (κ3) is 3.74. The summed E-state index contributed by atoms with van der Waals surface area (Å²) in [5, 5.41) is 2.07. The maximum Gasteiger partial charge on any atom is 0.150 e. The van der Waals surface area contributed by atoms with E-state index in [1.54, 1.807) is 18.4 Å². The van der Waals surface area contributed by atoms with E-state index in [9.17, 15) is 0 Å². The number of allylic oxidation sites excluding steroid dienone is 1. The van der Waals surface area contributed by atoms with Gasteiger partial charge in [0.2, 0.25) is 0 Å². The van der Waals surface area contributed by atoms with Gasteiger partial charge in [0.05, 0.1) is 12.0 Å². The molecule has 0 saturated heterocycles. The van der Waals surface area contributed by atoms with Gasteiger partial charge in [0.25, 0.3) is 0 Å². The molecule has 1 aromatic heterocycles. The predicted octanol–water partition coefficient (Wildman–Crippen LogP) is 7.40. The minimum Gasteiger partial charge on any atom is -0.494 e. The van der Waals surface area contributed by atoms with E-state index in [-0.39, 0.29) is 5.92 Å². The van der Waals surface area contributed by atoms with Gasteiger partial charge in [-0.3, -0.25) is 4.99 Å². The maximum atomic E-state index is 6.49. The number of ether oxygens (including phenoxy) is 2. The van der Waals surface area contributed by atoms with Gasteiger partial charge in [-0.25, -0.2) is 0 Å². The van der Waals surface area contributed by atoms with Gasteiger partial charge < -0.3 is 9.47 Å². The Morgan fingerprint density at radius 2 is 1.62 bits per heavy atom. The highest BCUT2D eigenvalue weighted by molar-refractivity contribution is 7.11. The number of benzene rings is 3. The number of rotatable bonds is 5. The minimum atomic E-state index is 0.0108. The number of fused-ring (bicyclic) bond motifs is 1.